The van der Waals surface area contributed by atoms with E-state index in [1.165, 1.54) is 42.5 Å². The second kappa shape index (κ2) is 10.9. The van der Waals surface area contributed by atoms with Crippen molar-refractivity contribution in [1.29, 1.82) is 0 Å². The van der Waals surface area contributed by atoms with E-state index < -0.39 is 22.8 Å². The second-order valence-electron chi connectivity index (χ2n) is 8.47. The number of ether oxygens (including phenoxy) is 4. The molecular weight excluding hydrogens is 546 g/mol. The van der Waals surface area contributed by atoms with Crippen molar-refractivity contribution in [2.75, 3.05) is 18.3 Å². The van der Waals surface area contributed by atoms with E-state index in [0.29, 0.717) is 22.6 Å². The molecule has 0 saturated carbocycles. The predicted octanol–water partition coefficient (Wildman–Crippen LogP) is 4.62. The number of nitro groups is 1. The van der Waals surface area contributed by atoms with Crippen LogP contribution in [-0.2, 0) is 16.2 Å². The number of benzene rings is 3. The Morgan fingerprint density at radius 1 is 1.07 bits per heavy atom. The number of carbonyl (C=O) groups excluding carboxylic acids is 3. The molecule has 12 nitrogen and oxygen atoms in total. The molecule has 40 heavy (non-hydrogen) atoms. The van der Waals surface area contributed by atoms with Crippen LogP contribution >= 0.6 is 11.6 Å². The molecule has 0 spiro atoms. The summed E-state index contributed by atoms with van der Waals surface area (Å²) in [7, 11) is 0. The van der Waals surface area contributed by atoms with Gasteiger partial charge in [-0.25, -0.2) is 9.69 Å². The molecule has 0 bridgehead atoms. The van der Waals surface area contributed by atoms with E-state index in [2.05, 4.69) is 5.32 Å². The van der Waals surface area contributed by atoms with Gasteiger partial charge in [0, 0.05) is 18.2 Å². The van der Waals surface area contributed by atoms with Crippen molar-refractivity contribution in [2.24, 2.45) is 0 Å². The summed E-state index contributed by atoms with van der Waals surface area (Å²) in [6.07, 6.45) is 1.28. The maximum atomic E-state index is 13.3. The predicted molar refractivity (Wildman–Crippen MR) is 142 cm³/mol. The summed E-state index contributed by atoms with van der Waals surface area (Å²) in [5.41, 5.74) is 0.651. The van der Waals surface area contributed by atoms with Crippen molar-refractivity contribution in [1.82, 2.24) is 5.32 Å². The van der Waals surface area contributed by atoms with Gasteiger partial charge in [0.15, 0.2) is 23.0 Å². The Labute approximate surface area is 231 Å². The minimum absolute atomic E-state index is 0.0104. The van der Waals surface area contributed by atoms with E-state index >= 15 is 0 Å². The minimum atomic E-state index is -0.913. The zero-order valence-electron chi connectivity index (χ0n) is 20.8. The SMILES string of the molecule is CCOc1cc(/C=C2\C(=O)NC(=O)N(c3ccc4c(c3)OCO4)C2=O)cc(Cl)c1OCc1cccc([N+](=O)[O-])c1. The lowest BCUT2D eigenvalue weighted by atomic mass is 10.1. The van der Waals surface area contributed by atoms with Crippen LogP contribution in [0.25, 0.3) is 6.08 Å². The Bertz CT molecular complexity index is 1590. The zero-order chi connectivity index (χ0) is 28.4. The summed E-state index contributed by atoms with van der Waals surface area (Å²) in [5, 5.41) is 13.3. The topological polar surface area (TPSA) is 147 Å². The van der Waals surface area contributed by atoms with Crippen molar-refractivity contribution in [3.05, 3.63) is 86.4 Å². The quantitative estimate of drug-likeness (QED) is 0.179. The van der Waals surface area contributed by atoms with Crippen molar-refractivity contribution in [3.8, 4) is 23.0 Å². The van der Waals surface area contributed by atoms with Gasteiger partial charge < -0.3 is 18.9 Å². The first-order valence-corrected chi connectivity index (χ1v) is 12.3. The highest BCUT2D eigenvalue weighted by Gasteiger charge is 2.37. The van der Waals surface area contributed by atoms with Crippen LogP contribution in [0.5, 0.6) is 23.0 Å². The Morgan fingerprint density at radius 2 is 1.88 bits per heavy atom. The molecule has 0 atom stereocenters. The summed E-state index contributed by atoms with van der Waals surface area (Å²) in [6, 6.07) is 12.5. The third kappa shape index (κ3) is 5.24. The normalized spacial score (nSPS) is 15.3. The molecule has 2 aliphatic rings. The number of carbonyl (C=O) groups is 3. The third-order valence-corrected chi connectivity index (χ3v) is 6.14. The number of nitro benzene ring substituents is 1. The number of anilines is 1. The first-order valence-electron chi connectivity index (χ1n) is 11.9. The number of nitrogens with zero attached hydrogens (tertiary/aromatic N) is 2. The van der Waals surface area contributed by atoms with Crippen LogP contribution in [0.3, 0.4) is 0 Å². The molecule has 204 valence electrons. The second-order valence-corrected chi connectivity index (χ2v) is 8.88. The molecule has 0 radical (unpaired) electrons. The molecule has 5 rings (SSSR count). The van der Waals surface area contributed by atoms with Crippen molar-refractivity contribution < 1.29 is 38.3 Å². The highest BCUT2D eigenvalue weighted by atomic mass is 35.5. The van der Waals surface area contributed by atoms with E-state index in [4.69, 9.17) is 30.5 Å². The van der Waals surface area contributed by atoms with Crippen molar-refractivity contribution in [3.63, 3.8) is 0 Å². The minimum Gasteiger partial charge on any atom is -0.490 e. The number of fused-ring (bicyclic) bond motifs is 1. The number of hydrogen-bond donors (Lipinski definition) is 1. The largest absolute Gasteiger partial charge is 0.490 e. The van der Waals surface area contributed by atoms with Crippen molar-refractivity contribution in [2.45, 2.75) is 13.5 Å². The van der Waals surface area contributed by atoms with E-state index in [1.807, 2.05) is 0 Å². The van der Waals surface area contributed by atoms with Gasteiger partial charge in [0.05, 0.1) is 22.2 Å². The summed E-state index contributed by atoms with van der Waals surface area (Å²) < 4.78 is 22.1. The smallest absolute Gasteiger partial charge is 0.335 e. The van der Waals surface area contributed by atoms with E-state index in [1.54, 1.807) is 25.1 Å². The third-order valence-electron chi connectivity index (χ3n) is 5.86. The molecule has 4 amide bonds. The number of imide groups is 2. The van der Waals surface area contributed by atoms with Gasteiger partial charge in [-0.05, 0) is 48.4 Å². The van der Waals surface area contributed by atoms with Gasteiger partial charge in [0.1, 0.15) is 12.2 Å². The van der Waals surface area contributed by atoms with Gasteiger partial charge in [0.25, 0.3) is 17.5 Å². The lowest BCUT2D eigenvalue weighted by molar-refractivity contribution is -0.384. The number of barbiturate groups is 1. The van der Waals surface area contributed by atoms with E-state index in [0.717, 1.165) is 4.90 Å². The van der Waals surface area contributed by atoms with Crippen LogP contribution in [0.2, 0.25) is 5.02 Å². The summed E-state index contributed by atoms with van der Waals surface area (Å²) in [6.45, 7) is 1.97. The Kier molecular flexibility index (Phi) is 7.25. The Hall–Kier alpha value is -5.10. The van der Waals surface area contributed by atoms with Crippen LogP contribution in [-0.4, -0.2) is 36.2 Å². The van der Waals surface area contributed by atoms with Gasteiger partial charge in [-0.1, -0.05) is 23.7 Å². The molecule has 2 aliphatic heterocycles. The highest BCUT2D eigenvalue weighted by Crippen LogP contribution is 2.39. The van der Waals surface area contributed by atoms with Gasteiger partial charge in [-0.3, -0.25) is 25.0 Å². The molecule has 1 fully saturated rings. The molecule has 1 N–H and O–H groups in total. The van der Waals surface area contributed by atoms with Gasteiger partial charge in [-0.2, -0.15) is 0 Å². The Morgan fingerprint density at radius 3 is 2.65 bits per heavy atom. The Balaban J connectivity index is 1.44. The highest BCUT2D eigenvalue weighted by molar-refractivity contribution is 6.39. The average molecular weight is 566 g/mol. The summed E-state index contributed by atoms with van der Waals surface area (Å²) in [4.78, 5) is 49.9. The number of rotatable bonds is 8. The average Bonchev–Trinajstić information content (AvgIpc) is 3.39. The van der Waals surface area contributed by atoms with E-state index in [9.17, 15) is 24.5 Å². The number of halogens is 1. The maximum Gasteiger partial charge on any atom is 0.335 e. The molecule has 3 aromatic carbocycles. The summed E-state index contributed by atoms with van der Waals surface area (Å²) in [5.74, 6) is -0.520. The first kappa shape index (κ1) is 26.5. The van der Waals surface area contributed by atoms with Crippen LogP contribution in [0, 0.1) is 10.1 Å². The number of urea groups is 1. The van der Waals surface area contributed by atoms with Crippen LogP contribution in [0.4, 0.5) is 16.2 Å². The molecule has 13 heteroatoms. The van der Waals surface area contributed by atoms with Crippen LogP contribution in [0.1, 0.15) is 18.1 Å². The molecule has 3 aromatic rings. The van der Waals surface area contributed by atoms with Gasteiger partial charge in [0.2, 0.25) is 6.79 Å². The number of nitrogens with one attached hydrogen (secondary N) is 1. The van der Waals surface area contributed by atoms with E-state index in [-0.39, 0.29) is 53.5 Å². The molecule has 0 aromatic heterocycles. The molecule has 2 heterocycles. The lowest BCUT2D eigenvalue weighted by Crippen LogP contribution is -2.54. The zero-order valence-corrected chi connectivity index (χ0v) is 21.6. The fourth-order valence-electron chi connectivity index (χ4n) is 4.07. The molecule has 0 unspecified atom stereocenters. The standard InChI is InChI=1S/C27H20ClN3O9/c1-2-37-23-11-16(10-20(28)24(23)38-13-15-4-3-5-18(8-15)31(35)36)9-19-25(32)29-27(34)30(26(19)33)17-6-7-21-22(12-17)40-14-39-21/h3-12H,2,13-14H2,1H3,(H,29,32,34)/b19-9+. The fraction of sp³-hybridized carbons (Fsp3) is 0.148. The lowest BCUT2D eigenvalue weighted by Gasteiger charge is -2.26. The molecular formula is C27H20ClN3O9. The number of hydrogen-bond acceptors (Lipinski definition) is 9. The van der Waals surface area contributed by atoms with Gasteiger partial charge in [-0.15, -0.1) is 0 Å². The van der Waals surface area contributed by atoms with Crippen molar-refractivity contribution >= 4 is 46.9 Å². The number of amides is 4. The maximum absolute atomic E-state index is 13.3. The van der Waals surface area contributed by atoms with Crippen LogP contribution < -0.4 is 29.2 Å². The number of non-ortho nitro benzene ring substituents is 1. The molecule has 0 aliphatic carbocycles. The monoisotopic (exact) mass is 565 g/mol. The fourth-order valence-corrected chi connectivity index (χ4v) is 4.35. The first-order chi connectivity index (χ1) is 19.2. The summed E-state index contributed by atoms with van der Waals surface area (Å²) >= 11 is 6.49. The van der Waals surface area contributed by atoms with Crippen LogP contribution in [0.15, 0.2) is 60.2 Å². The van der Waals surface area contributed by atoms with Gasteiger partial charge >= 0.3 is 6.03 Å². The molecule has 1 saturated heterocycles.